The standard InChI is InChI=1S/C8H11N3.C5H11N.C2H6/c1-9-7-2-3-8-6(4-7)5-10-11-8;1-2-4-6-5-3-1;1-2/h2-4,9-11H,5H2,1H3;6H,1-5H2;1-2H3. The Balaban J connectivity index is 0.000000192. The van der Waals surface area contributed by atoms with E-state index >= 15 is 0 Å². The highest BCUT2D eigenvalue weighted by Gasteiger charge is 2.08. The van der Waals surface area contributed by atoms with Crippen LogP contribution >= 0.6 is 0 Å². The molecule has 3 rings (SSSR count). The van der Waals surface area contributed by atoms with Crippen LogP contribution in [0.2, 0.25) is 0 Å². The molecule has 1 fully saturated rings. The fourth-order valence-corrected chi connectivity index (χ4v) is 2.05. The van der Waals surface area contributed by atoms with Gasteiger partial charge in [0.2, 0.25) is 0 Å². The van der Waals surface area contributed by atoms with E-state index in [1.807, 2.05) is 20.9 Å². The van der Waals surface area contributed by atoms with Crippen molar-refractivity contribution in [2.45, 2.75) is 39.7 Å². The van der Waals surface area contributed by atoms with Crippen LogP contribution in [0, 0.1) is 0 Å². The van der Waals surface area contributed by atoms with Crippen molar-refractivity contribution in [3.63, 3.8) is 0 Å². The molecule has 2 aliphatic rings. The number of fused-ring (bicyclic) bond motifs is 1. The van der Waals surface area contributed by atoms with Gasteiger partial charge in [0.05, 0.1) is 5.69 Å². The topological polar surface area (TPSA) is 48.1 Å². The lowest BCUT2D eigenvalue weighted by Crippen LogP contribution is -2.21. The molecule has 0 amide bonds. The Hall–Kier alpha value is -1.26. The molecule has 4 heteroatoms. The van der Waals surface area contributed by atoms with Crippen LogP contribution < -0.4 is 21.5 Å². The Labute approximate surface area is 117 Å². The van der Waals surface area contributed by atoms with Gasteiger partial charge >= 0.3 is 0 Å². The highest BCUT2D eigenvalue weighted by molar-refractivity contribution is 5.61. The summed E-state index contributed by atoms with van der Waals surface area (Å²) in [5.41, 5.74) is 9.80. The Bertz CT molecular complexity index is 336. The molecule has 1 saturated heterocycles. The molecular weight excluding hydrogens is 236 g/mol. The monoisotopic (exact) mass is 264 g/mol. The fourth-order valence-electron chi connectivity index (χ4n) is 2.05. The Morgan fingerprint density at radius 3 is 2.32 bits per heavy atom. The van der Waals surface area contributed by atoms with Crippen LogP contribution in [0.1, 0.15) is 38.7 Å². The Morgan fingerprint density at radius 2 is 1.79 bits per heavy atom. The zero-order valence-corrected chi connectivity index (χ0v) is 12.5. The lowest BCUT2D eigenvalue weighted by Gasteiger charge is -2.08. The van der Waals surface area contributed by atoms with Crippen molar-refractivity contribution in [3.05, 3.63) is 23.8 Å². The molecule has 2 aliphatic heterocycles. The Morgan fingerprint density at radius 1 is 1.05 bits per heavy atom. The second-order valence-electron chi connectivity index (χ2n) is 4.41. The highest BCUT2D eigenvalue weighted by Crippen LogP contribution is 2.22. The smallest absolute Gasteiger partial charge is 0.0534 e. The molecule has 4 N–H and O–H groups in total. The molecular formula is C15H28N4. The van der Waals surface area contributed by atoms with Gasteiger partial charge in [0.25, 0.3) is 0 Å². The summed E-state index contributed by atoms with van der Waals surface area (Å²) < 4.78 is 0. The zero-order valence-electron chi connectivity index (χ0n) is 12.5. The molecule has 1 aromatic carbocycles. The van der Waals surface area contributed by atoms with Gasteiger partial charge in [0.15, 0.2) is 0 Å². The van der Waals surface area contributed by atoms with Crippen molar-refractivity contribution < 1.29 is 0 Å². The van der Waals surface area contributed by atoms with E-state index in [0.29, 0.717) is 0 Å². The summed E-state index contributed by atoms with van der Waals surface area (Å²) in [5.74, 6) is 0. The van der Waals surface area contributed by atoms with E-state index in [-0.39, 0.29) is 0 Å². The van der Waals surface area contributed by atoms with Gasteiger partial charge in [-0.2, -0.15) is 0 Å². The van der Waals surface area contributed by atoms with Gasteiger partial charge in [-0.25, -0.2) is 5.43 Å². The molecule has 2 heterocycles. The van der Waals surface area contributed by atoms with Gasteiger partial charge in [-0.1, -0.05) is 20.3 Å². The highest BCUT2D eigenvalue weighted by atomic mass is 15.4. The van der Waals surface area contributed by atoms with E-state index in [1.54, 1.807) is 0 Å². The molecule has 0 spiro atoms. The fraction of sp³-hybridized carbons (Fsp3) is 0.600. The summed E-state index contributed by atoms with van der Waals surface area (Å²) in [6.45, 7) is 7.41. The lowest BCUT2D eigenvalue weighted by atomic mass is 10.2. The molecule has 1 aromatic rings. The van der Waals surface area contributed by atoms with Crippen molar-refractivity contribution in [1.29, 1.82) is 0 Å². The number of benzene rings is 1. The van der Waals surface area contributed by atoms with Gasteiger partial charge in [-0.15, -0.1) is 0 Å². The van der Waals surface area contributed by atoms with Crippen LogP contribution in [-0.4, -0.2) is 20.1 Å². The molecule has 0 bridgehead atoms. The summed E-state index contributed by atoms with van der Waals surface area (Å²) >= 11 is 0. The summed E-state index contributed by atoms with van der Waals surface area (Å²) in [4.78, 5) is 0. The molecule has 0 aromatic heterocycles. The summed E-state index contributed by atoms with van der Waals surface area (Å²) in [7, 11) is 1.93. The predicted molar refractivity (Wildman–Crippen MR) is 84.5 cm³/mol. The summed E-state index contributed by atoms with van der Waals surface area (Å²) in [6, 6.07) is 6.27. The van der Waals surface area contributed by atoms with Crippen LogP contribution in [-0.2, 0) is 6.54 Å². The average molecular weight is 264 g/mol. The normalized spacial score (nSPS) is 15.9. The number of nitrogens with one attached hydrogen (secondary N) is 4. The third kappa shape index (κ3) is 5.49. The van der Waals surface area contributed by atoms with Crippen molar-refractivity contribution in [1.82, 2.24) is 10.7 Å². The maximum absolute atomic E-state index is 3.28. The van der Waals surface area contributed by atoms with Gasteiger partial charge in [0.1, 0.15) is 0 Å². The van der Waals surface area contributed by atoms with E-state index in [2.05, 4.69) is 39.7 Å². The first-order valence-corrected chi connectivity index (χ1v) is 7.40. The van der Waals surface area contributed by atoms with Crippen LogP contribution in [0.4, 0.5) is 11.4 Å². The molecule has 4 nitrogen and oxygen atoms in total. The van der Waals surface area contributed by atoms with Gasteiger partial charge in [-0.05, 0) is 49.7 Å². The maximum atomic E-state index is 3.28. The van der Waals surface area contributed by atoms with Crippen molar-refractivity contribution in [2.75, 3.05) is 30.9 Å². The largest absolute Gasteiger partial charge is 0.388 e. The van der Waals surface area contributed by atoms with E-state index < -0.39 is 0 Å². The average Bonchev–Trinajstić information content (AvgIpc) is 2.99. The molecule has 0 saturated carbocycles. The molecule has 0 radical (unpaired) electrons. The molecule has 0 unspecified atom stereocenters. The molecule has 0 atom stereocenters. The third-order valence-electron chi connectivity index (χ3n) is 3.10. The van der Waals surface area contributed by atoms with Crippen molar-refractivity contribution in [3.8, 4) is 0 Å². The number of piperidine rings is 1. The van der Waals surface area contributed by atoms with Gasteiger partial charge < -0.3 is 16.1 Å². The summed E-state index contributed by atoms with van der Waals surface area (Å²) in [6.07, 6.45) is 4.22. The molecule has 0 aliphatic carbocycles. The van der Waals surface area contributed by atoms with Crippen LogP contribution in [0.15, 0.2) is 18.2 Å². The van der Waals surface area contributed by atoms with E-state index in [4.69, 9.17) is 0 Å². The molecule has 19 heavy (non-hydrogen) atoms. The van der Waals surface area contributed by atoms with Crippen LogP contribution in [0.5, 0.6) is 0 Å². The van der Waals surface area contributed by atoms with E-state index in [9.17, 15) is 0 Å². The minimum absolute atomic E-state index is 0.908. The minimum atomic E-state index is 0.908. The van der Waals surface area contributed by atoms with E-state index in [1.165, 1.54) is 43.6 Å². The number of hydrogen-bond acceptors (Lipinski definition) is 4. The lowest BCUT2D eigenvalue weighted by molar-refractivity contribution is 0.520. The SMILES string of the molecule is C1CCNCC1.CC.CNc1ccc2c(c1)CNN2. The quantitative estimate of drug-likeness (QED) is 0.630. The van der Waals surface area contributed by atoms with E-state index in [0.717, 1.165) is 12.2 Å². The van der Waals surface area contributed by atoms with Gasteiger partial charge in [0, 0.05) is 19.3 Å². The second kappa shape index (κ2) is 9.64. The molecule has 108 valence electrons. The summed E-state index contributed by atoms with van der Waals surface area (Å²) in [5, 5.41) is 6.39. The van der Waals surface area contributed by atoms with Crippen LogP contribution in [0.3, 0.4) is 0 Å². The van der Waals surface area contributed by atoms with Crippen molar-refractivity contribution >= 4 is 11.4 Å². The number of hydrogen-bond donors (Lipinski definition) is 4. The third-order valence-corrected chi connectivity index (χ3v) is 3.10. The first-order valence-electron chi connectivity index (χ1n) is 7.40. The first kappa shape index (κ1) is 15.8. The Kier molecular flexibility index (Phi) is 8.02. The number of anilines is 2. The zero-order chi connectivity index (χ0) is 13.9. The number of rotatable bonds is 1. The maximum Gasteiger partial charge on any atom is 0.0534 e. The number of hydrazine groups is 1. The van der Waals surface area contributed by atoms with Gasteiger partial charge in [-0.3, -0.25) is 0 Å². The minimum Gasteiger partial charge on any atom is -0.388 e. The van der Waals surface area contributed by atoms with Crippen LogP contribution in [0.25, 0.3) is 0 Å². The second-order valence-corrected chi connectivity index (χ2v) is 4.41. The predicted octanol–water partition coefficient (Wildman–Crippen LogP) is 2.94. The first-order chi connectivity index (χ1) is 9.40. The van der Waals surface area contributed by atoms with Crippen molar-refractivity contribution in [2.24, 2.45) is 0 Å².